The Bertz CT molecular complexity index is 625. The van der Waals surface area contributed by atoms with Gasteiger partial charge in [0.15, 0.2) is 0 Å². The summed E-state index contributed by atoms with van der Waals surface area (Å²) in [5.74, 6) is -0.217. The Morgan fingerprint density at radius 1 is 1.14 bits per heavy atom. The zero-order valence-electron chi connectivity index (χ0n) is 11.9. The highest BCUT2D eigenvalue weighted by Gasteiger charge is 2.19. The zero-order chi connectivity index (χ0) is 15.4. The van der Waals surface area contributed by atoms with Crippen molar-refractivity contribution in [3.63, 3.8) is 0 Å². The van der Waals surface area contributed by atoms with Crippen LogP contribution < -0.4 is 5.32 Å². The predicted octanol–water partition coefficient (Wildman–Crippen LogP) is 4.72. The number of rotatable bonds is 4. The van der Waals surface area contributed by atoms with Crippen molar-refractivity contribution in [1.82, 2.24) is 5.32 Å². The third kappa shape index (κ3) is 4.14. The van der Waals surface area contributed by atoms with Crippen LogP contribution in [0.2, 0.25) is 0 Å². The maximum Gasteiger partial charge on any atom is 0.251 e. The van der Waals surface area contributed by atoms with E-state index in [1.807, 2.05) is 26.0 Å². The van der Waals surface area contributed by atoms with Crippen molar-refractivity contribution in [2.24, 2.45) is 5.92 Å². The molecular formula is C17H17BrFNO. The molecule has 1 atom stereocenters. The van der Waals surface area contributed by atoms with E-state index in [0.29, 0.717) is 5.56 Å². The van der Waals surface area contributed by atoms with E-state index in [-0.39, 0.29) is 23.7 Å². The monoisotopic (exact) mass is 349 g/mol. The first-order chi connectivity index (χ1) is 9.97. The highest BCUT2D eigenvalue weighted by Crippen LogP contribution is 2.23. The highest BCUT2D eigenvalue weighted by molar-refractivity contribution is 9.10. The maximum absolute atomic E-state index is 13.0. The summed E-state index contributed by atoms with van der Waals surface area (Å²) in [6.07, 6.45) is 0. The van der Waals surface area contributed by atoms with E-state index in [0.717, 1.165) is 10.0 Å². The fourth-order valence-corrected chi connectivity index (χ4v) is 2.56. The van der Waals surface area contributed by atoms with Crippen LogP contribution >= 0.6 is 15.9 Å². The van der Waals surface area contributed by atoms with Crippen molar-refractivity contribution in [3.05, 3.63) is 69.9 Å². The molecule has 0 aliphatic heterocycles. The average molecular weight is 350 g/mol. The first-order valence-electron chi connectivity index (χ1n) is 6.79. The van der Waals surface area contributed by atoms with Gasteiger partial charge in [0.25, 0.3) is 5.91 Å². The summed E-state index contributed by atoms with van der Waals surface area (Å²) in [6, 6.07) is 13.3. The minimum atomic E-state index is -0.278. The van der Waals surface area contributed by atoms with Crippen LogP contribution in [0.1, 0.15) is 35.8 Å². The molecular weight excluding hydrogens is 333 g/mol. The summed E-state index contributed by atoms with van der Waals surface area (Å²) in [4.78, 5) is 12.3. The molecule has 1 amide bonds. The Morgan fingerprint density at radius 3 is 2.38 bits per heavy atom. The molecule has 0 aliphatic carbocycles. The van der Waals surface area contributed by atoms with Gasteiger partial charge in [0, 0.05) is 10.0 Å². The van der Waals surface area contributed by atoms with Crippen LogP contribution in [-0.2, 0) is 0 Å². The fourth-order valence-electron chi connectivity index (χ4n) is 2.16. The first kappa shape index (κ1) is 15.7. The standard InChI is InChI=1S/C17H17BrFNO/c1-11(2)16(12-6-8-15(19)9-7-12)20-17(21)13-4-3-5-14(18)10-13/h3-11,16H,1-2H3,(H,20,21). The number of benzene rings is 2. The number of carbonyl (C=O) groups is 1. The Hall–Kier alpha value is -1.68. The summed E-state index contributed by atoms with van der Waals surface area (Å²) < 4.78 is 13.9. The van der Waals surface area contributed by atoms with Gasteiger partial charge in [0.2, 0.25) is 0 Å². The van der Waals surface area contributed by atoms with Crippen molar-refractivity contribution in [2.75, 3.05) is 0 Å². The third-order valence-corrected chi connectivity index (χ3v) is 3.76. The summed E-state index contributed by atoms with van der Waals surface area (Å²) in [7, 11) is 0. The van der Waals surface area contributed by atoms with Crippen molar-refractivity contribution in [1.29, 1.82) is 0 Å². The van der Waals surface area contributed by atoms with Crippen molar-refractivity contribution < 1.29 is 9.18 Å². The molecule has 2 nitrogen and oxygen atoms in total. The second kappa shape index (κ2) is 6.85. The molecule has 2 rings (SSSR count). The fraction of sp³-hybridized carbons (Fsp3) is 0.235. The molecule has 1 unspecified atom stereocenters. The lowest BCUT2D eigenvalue weighted by Gasteiger charge is -2.23. The second-order valence-electron chi connectivity index (χ2n) is 5.26. The minimum Gasteiger partial charge on any atom is -0.345 e. The third-order valence-electron chi connectivity index (χ3n) is 3.27. The molecule has 0 fully saturated rings. The van der Waals surface area contributed by atoms with Crippen LogP contribution in [0.3, 0.4) is 0 Å². The van der Waals surface area contributed by atoms with E-state index in [1.54, 1.807) is 24.3 Å². The SMILES string of the molecule is CC(C)C(NC(=O)c1cccc(Br)c1)c1ccc(F)cc1. The Morgan fingerprint density at radius 2 is 1.81 bits per heavy atom. The molecule has 0 spiro atoms. The van der Waals surface area contributed by atoms with Crippen LogP contribution in [0.4, 0.5) is 4.39 Å². The molecule has 0 bridgehead atoms. The molecule has 2 aromatic carbocycles. The van der Waals surface area contributed by atoms with Crippen LogP contribution in [-0.4, -0.2) is 5.91 Å². The van der Waals surface area contributed by atoms with E-state index in [2.05, 4.69) is 21.2 Å². The van der Waals surface area contributed by atoms with Gasteiger partial charge in [-0.05, 0) is 41.8 Å². The second-order valence-corrected chi connectivity index (χ2v) is 6.17. The van der Waals surface area contributed by atoms with Gasteiger partial charge in [-0.25, -0.2) is 4.39 Å². The molecule has 0 heterocycles. The quantitative estimate of drug-likeness (QED) is 0.850. The molecule has 1 N–H and O–H groups in total. The lowest BCUT2D eigenvalue weighted by atomic mass is 9.95. The normalized spacial score (nSPS) is 12.2. The molecule has 2 aromatic rings. The van der Waals surface area contributed by atoms with E-state index in [9.17, 15) is 9.18 Å². The Kier molecular flexibility index (Phi) is 5.12. The number of halogens is 2. The van der Waals surface area contributed by atoms with Gasteiger partial charge in [0.05, 0.1) is 6.04 Å². The Balaban J connectivity index is 2.20. The van der Waals surface area contributed by atoms with E-state index in [4.69, 9.17) is 0 Å². The number of amides is 1. The molecule has 0 aromatic heterocycles. The molecule has 21 heavy (non-hydrogen) atoms. The van der Waals surface area contributed by atoms with Gasteiger partial charge in [0.1, 0.15) is 5.82 Å². The first-order valence-corrected chi connectivity index (χ1v) is 7.58. The summed E-state index contributed by atoms with van der Waals surface area (Å²) in [6.45, 7) is 4.05. The van der Waals surface area contributed by atoms with E-state index < -0.39 is 0 Å². The lowest BCUT2D eigenvalue weighted by Crippen LogP contribution is -2.31. The number of nitrogens with one attached hydrogen (secondary N) is 1. The van der Waals surface area contributed by atoms with Crippen LogP contribution in [0, 0.1) is 11.7 Å². The topological polar surface area (TPSA) is 29.1 Å². The molecule has 0 saturated carbocycles. The molecule has 110 valence electrons. The van der Waals surface area contributed by atoms with Gasteiger partial charge >= 0.3 is 0 Å². The number of hydrogen-bond acceptors (Lipinski definition) is 1. The van der Waals surface area contributed by atoms with Crippen molar-refractivity contribution in [2.45, 2.75) is 19.9 Å². The number of carbonyl (C=O) groups excluding carboxylic acids is 1. The minimum absolute atomic E-state index is 0.140. The van der Waals surface area contributed by atoms with Crippen LogP contribution in [0.5, 0.6) is 0 Å². The summed E-state index contributed by atoms with van der Waals surface area (Å²) in [5.41, 5.74) is 1.49. The van der Waals surface area contributed by atoms with Crippen molar-refractivity contribution >= 4 is 21.8 Å². The van der Waals surface area contributed by atoms with E-state index in [1.165, 1.54) is 12.1 Å². The largest absolute Gasteiger partial charge is 0.345 e. The number of hydrogen-bond donors (Lipinski definition) is 1. The Labute approximate surface area is 132 Å². The van der Waals surface area contributed by atoms with Crippen LogP contribution in [0.25, 0.3) is 0 Å². The molecule has 0 aliphatic rings. The van der Waals surface area contributed by atoms with Gasteiger partial charge in [-0.2, -0.15) is 0 Å². The molecule has 0 saturated heterocycles. The van der Waals surface area contributed by atoms with Gasteiger partial charge in [-0.1, -0.05) is 48.0 Å². The maximum atomic E-state index is 13.0. The molecule has 4 heteroatoms. The average Bonchev–Trinajstić information content (AvgIpc) is 2.45. The highest BCUT2D eigenvalue weighted by atomic mass is 79.9. The van der Waals surface area contributed by atoms with Gasteiger partial charge < -0.3 is 5.32 Å². The zero-order valence-corrected chi connectivity index (χ0v) is 13.5. The summed E-state index contributed by atoms with van der Waals surface area (Å²) >= 11 is 3.36. The molecule has 0 radical (unpaired) electrons. The van der Waals surface area contributed by atoms with Crippen molar-refractivity contribution in [3.8, 4) is 0 Å². The smallest absolute Gasteiger partial charge is 0.251 e. The summed E-state index contributed by atoms with van der Waals surface area (Å²) in [5, 5.41) is 3.01. The van der Waals surface area contributed by atoms with E-state index >= 15 is 0 Å². The predicted molar refractivity (Wildman–Crippen MR) is 85.6 cm³/mol. The lowest BCUT2D eigenvalue weighted by molar-refractivity contribution is 0.0925. The van der Waals surface area contributed by atoms with Crippen LogP contribution in [0.15, 0.2) is 53.0 Å². The van der Waals surface area contributed by atoms with Gasteiger partial charge in [-0.3, -0.25) is 4.79 Å². The van der Waals surface area contributed by atoms with Gasteiger partial charge in [-0.15, -0.1) is 0 Å².